The van der Waals surface area contributed by atoms with Gasteiger partial charge in [0.15, 0.2) is 5.84 Å². The third-order valence-corrected chi connectivity index (χ3v) is 4.84. The Balaban J connectivity index is 1.83. The van der Waals surface area contributed by atoms with Crippen molar-refractivity contribution in [2.75, 3.05) is 13.1 Å². The number of hydrogen-bond acceptors (Lipinski definition) is 4. The van der Waals surface area contributed by atoms with Crippen molar-refractivity contribution < 1.29 is 4.79 Å². The Morgan fingerprint density at radius 2 is 1.86 bits per heavy atom. The van der Waals surface area contributed by atoms with E-state index in [9.17, 15) is 4.79 Å². The summed E-state index contributed by atoms with van der Waals surface area (Å²) < 4.78 is 0. The van der Waals surface area contributed by atoms with Crippen LogP contribution >= 0.6 is 0 Å². The van der Waals surface area contributed by atoms with Gasteiger partial charge in [0.2, 0.25) is 0 Å². The molecule has 22 heavy (non-hydrogen) atoms. The van der Waals surface area contributed by atoms with Gasteiger partial charge in [0, 0.05) is 43.6 Å². The minimum absolute atomic E-state index is 0.0751. The maximum Gasteiger partial charge on any atom is 0.152 e. The number of hydrogen-bond donors (Lipinski definition) is 0. The fourth-order valence-electron chi connectivity index (χ4n) is 3.30. The molecule has 0 atom stereocenters. The lowest BCUT2D eigenvalue weighted by atomic mass is 9.93. The summed E-state index contributed by atoms with van der Waals surface area (Å²) in [6.07, 6.45) is 14.5. The van der Waals surface area contributed by atoms with Crippen LogP contribution in [0.4, 0.5) is 0 Å². The third kappa shape index (κ3) is 3.60. The van der Waals surface area contributed by atoms with Gasteiger partial charge in [-0.05, 0) is 31.8 Å². The molecular weight excluding hydrogens is 274 g/mol. The van der Waals surface area contributed by atoms with E-state index in [0.29, 0.717) is 11.8 Å². The van der Waals surface area contributed by atoms with Crippen LogP contribution in [0.2, 0.25) is 0 Å². The van der Waals surface area contributed by atoms with Crippen LogP contribution in [0.5, 0.6) is 0 Å². The van der Waals surface area contributed by atoms with Gasteiger partial charge in [-0.1, -0.05) is 26.0 Å². The number of carbonyl (C=O) groups excluding carboxylic acids is 1. The second-order valence-corrected chi connectivity index (χ2v) is 7.26. The highest BCUT2D eigenvalue weighted by atomic mass is 16.1. The molecule has 0 radical (unpaired) electrons. The minimum Gasteiger partial charge on any atom is -0.332 e. The number of ketones is 1. The smallest absolute Gasteiger partial charge is 0.152 e. The summed E-state index contributed by atoms with van der Waals surface area (Å²) >= 11 is 0. The van der Waals surface area contributed by atoms with Crippen LogP contribution in [0.15, 0.2) is 29.5 Å². The van der Waals surface area contributed by atoms with Gasteiger partial charge in [0.1, 0.15) is 5.78 Å². The first kappa shape index (κ1) is 15.3. The van der Waals surface area contributed by atoms with Crippen molar-refractivity contribution in [3.8, 4) is 0 Å². The monoisotopic (exact) mass is 301 g/mol. The second kappa shape index (κ2) is 6.27. The Morgan fingerprint density at radius 3 is 2.64 bits per heavy atom. The van der Waals surface area contributed by atoms with E-state index in [2.05, 4.69) is 48.2 Å². The highest BCUT2D eigenvalue weighted by molar-refractivity contribution is 5.94. The van der Waals surface area contributed by atoms with Gasteiger partial charge in [0.05, 0.1) is 0 Å². The van der Waals surface area contributed by atoms with Crippen LogP contribution < -0.4 is 0 Å². The number of hydrazone groups is 1. The predicted octanol–water partition coefficient (Wildman–Crippen LogP) is 3.32. The maximum absolute atomic E-state index is 11.5. The second-order valence-electron chi connectivity index (χ2n) is 7.26. The first-order valence-electron chi connectivity index (χ1n) is 8.56. The fourth-order valence-corrected chi connectivity index (χ4v) is 3.30. The first-order chi connectivity index (χ1) is 10.5. The molecule has 0 spiro atoms. The van der Waals surface area contributed by atoms with Crippen molar-refractivity contribution in [2.45, 2.75) is 58.4 Å². The lowest BCUT2D eigenvalue weighted by Crippen LogP contribution is -2.39. The molecule has 0 aromatic heterocycles. The molecule has 2 heterocycles. The lowest BCUT2D eigenvalue weighted by molar-refractivity contribution is -0.121. The van der Waals surface area contributed by atoms with Gasteiger partial charge in [-0.25, -0.2) is 0 Å². The van der Waals surface area contributed by atoms with Crippen molar-refractivity contribution >= 4 is 11.6 Å². The Morgan fingerprint density at radius 1 is 1.14 bits per heavy atom. The number of amidine groups is 1. The van der Waals surface area contributed by atoms with Crippen LogP contribution in [0.1, 0.15) is 52.4 Å². The molecule has 120 valence electrons. The standard InChI is InChI=1S/C18H27N3O/c1-18(2)10-9-17-19-21(15-5-7-16(22)8-6-15)13-4-3-12-20(17)14-11-18/h9-11,14-15H,3-8,12-13H2,1-2H3. The number of carbonyl (C=O) groups is 1. The summed E-state index contributed by atoms with van der Waals surface area (Å²) in [6, 6.07) is 0.429. The van der Waals surface area contributed by atoms with Crippen molar-refractivity contribution in [3.05, 3.63) is 24.4 Å². The molecule has 1 fully saturated rings. The average molecular weight is 301 g/mol. The van der Waals surface area contributed by atoms with Gasteiger partial charge in [-0.2, -0.15) is 5.10 Å². The van der Waals surface area contributed by atoms with Crippen molar-refractivity contribution in [1.82, 2.24) is 9.91 Å². The van der Waals surface area contributed by atoms with Crippen LogP contribution in [0, 0.1) is 5.41 Å². The zero-order valence-electron chi connectivity index (χ0n) is 13.8. The maximum atomic E-state index is 11.5. The molecule has 4 nitrogen and oxygen atoms in total. The number of allylic oxidation sites excluding steroid dienone is 2. The van der Waals surface area contributed by atoms with Gasteiger partial charge in [0.25, 0.3) is 0 Å². The molecule has 0 bridgehead atoms. The molecule has 1 saturated carbocycles. The molecule has 4 heteroatoms. The van der Waals surface area contributed by atoms with Crippen molar-refractivity contribution in [1.29, 1.82) is 0 Å². The number of fused-ring (bicyclic) bond motifs is 1. The topological polar surface area (TPSA) is 35.9 Å². The molecule has 2 aliphatic heterocycles. The van der Waals surface area contributed by atoms with Crippen LogP contribution in [0.3, 0.4) is 0 Å². The van der Waals surface area contributed by atoms with Gasteiger partial charge in [-0.15, -0.1) is 0 Å². The summed E-state index contributed by atoms with van der Waals surface area (Å²) in [5.74, 6) is 1.45. The SMILES string of the molecule is CC1(C)C=CC2=NN(C3CCC(=O)CC3)CCCCN2C=C1. The molecule has 0 aromatic rings. The largest absolute Gasteiger partial charge is 0.332 e. The average Bonchev–Trinajstić information content (AvgIpc) is 2.59. The molecule has 1 aliphatic carbocycles. The molecule has 0 N–H and O–H groups in total. The first-order valence-corrected chi connectivity index (χ1v) is 8.56. The summed E-state index contributed by atoms with van der Waals surface area (Å²) in [4.78, 5) is 13.7. The zero-order chi connectivity index (χ0) is 15.6. The van der Waals surface area contributed by atoms with E-state index in [-0.39, 0.29) is 5.41 Å². The van der Waals surface area contributed by atoms with E-state index in [1.807, 2.05) is 0 Å². The molecular formula is C18H27N3O. The van der Waals surface area contributed by atoms with E-state index in [1.54, 1.807) is 0 Å². The Kier molecular flexibility index (Phi) is 4.37. The van der Waals surface area contributed by atoms with E-state index in [1.165, 1.54) is 12.8 Å². The Bertz CT molecular complexity index is 508. The molecule has 0 aromatic carbocycles. The van der Waals surface area contributed by atoms with Gasteiger partial charge >= 0.3 is 0 Å². The Hall–Kier alpha value is -1.58. The van der Waals surface area contributed by atoms with Crippen molar-refractivity contribution in [3.63, 3.8) is 0 Å². The van der Waals surface area contributed by atoms with E-state index in [0.717, 1.165) is 44.6 Å². The highest BCUT2D eigenvalue weighted by Crippen LogP contribution is 2.26. The van der Waals surface area contributed by atoms with Gasteiger partial charge < -0.3 is 4.90 Å². The molecule has 3 rings (SSSR count). The quantitative estimate of drug-likeness (QED) is 0.745. The summed E-state index contributed by atoms with van der Waals surface area (Å²) in [7, 11) is 0. The van der Waals surface area contributed by atoms with Crippen molar-refractivity contribution in [2.24, 2.45) is 10.5 Å². The van der Waals surface area contributed by atoms with Crippen LogP contribution in [-0.4, -0.2) is 40.7 Å². The summed E-state index contributed by atoms with van der Waals surface area (Å²) in [5, 5.41) is 7.21. The third-order valence-electron chi connectivity index (χ3n) is 4.84. The molecule has 0 saturated heterocycles. The highest BCUT2D eigenvalue weighted by Gasteiger charge is 2.26. The van der Waals surface area contributed by atoms with Crippen LogP contribution in [0.25, 0.3) is 0 Å². The number of rotatable bonds is 1. The Labute approximate surface area is 133 Å². The van der Waals surface area contributed by atoms with Crippen LogP contribution in [-0.2, 0) is 4.79 Å². The minimum atomic E-state index is 0.0751. The van der Waals surface area contributed by atoms with E-state index >= 15 is 0 Å². The predicted molar refractivity (Wildman–Crippen MR) is 89.4 cm³/mol. The number of nitrogens with zero attached hydrogens (tertiary/aromatic N) is 3. The number of Topliss-reactive ketones (excluding diaryl/α,β-unsaturated/α-hetero) is 1. The summed E-state index contributed by atoms with van der Waals surface area (Å²) in [5.41, 5.74) is 0.0751. The summed E-state index contributed by atoms with van der Waals surface area (Å²) in [6.45, 7) is 6.47. The zero-order valence-corrected chi connectivity index (χ0v) is 13.8. The van der Waals surface area contributed by atoms with E-state index < -0.39 is 0 Å². The fraction of sp³-hybridized carbons (Fsp3) is 0.667. The molecule has 3 aliphatic rings. The normalized spacial score (nSPS) is 26.1. The van der Waals surface area contributed by atoms with E-state index in [4.69, 9.17) is 5.10 Å². The molecule has 0 unspecified atom stereocenters. The van der Waals surface area contributed by atoms with Gasteiger partial charge in [-0.3, -0.25) is 9.80 Å². The lowest BCUT2D eigenvalue weighted by Gasteiger charge is -2.35. The molecule has 0 amide bonds.